The number of aliphatic imine (C=N–C) groups is 1. The summed E-state index contributed by atoms with van der Waals surface area (Å²) in [6, 6.07) is 7.12. The largest absolute Gasteiger partial charge is 0.323 e. The van der Waals surface area contributed by atoms with Crippen LogP contribution in [0.5, 0.6) is 0 Å². The molecule has 0 saturated carbocycles. The molecule has 0 fully saturated rings. The Morgan fingerprint density at radius 2 is 1.95 bits per heavy atom. The molecule has 9 heteroatoms. The van der Waals surface area contributed by atoms with E-state index >= 15 is 0 Å². The Morgan fingerprint density at radius 3 is 2.62 bits per heavy atom. The molecule has 2 N–H and O–H groups in total. The quantitative estimate of drug-likeness (QED) is 0.817. The highest BCUT2D eigenvalue weighted by molar-refractivity contribution is 7.92. The zero-order valence-corrected chi connectivity index (χ0v) is 13.8. The number of hydrogen-bond donors (Lipinski definition) is 2. The number of nitrogens with one attached hydrogen (secondary N) is 2. The maximum atomic E-state index is 12.2. The molecule has 0 aliphatic carbocycles. The molecule has 0 amide bonds. The van der Waals surface area contributed by atoms with Crippen molar-refractivity contribution in [2.24, 2.45) is 4.99 Å². The van der Waals surface area contributed by atoms with Crippen LogP contribution in [0.4, 0.5) is 5.69 Å². The molecule has 0 saturated heterocycles. The number of benzene rings is 1. The molecule has 0 bridgehead atoms. The van der Waals surface area contributed by atoms with Gasteiger partial charge in [-0.15, -0.1) is 11.3 Å². The Labute approximate surface area is 135 Å². The summed E-state index contributed by atoms with van der Waals surface area (Å²) in [6.45, 7) is 0. The van der Waals surface area contributed by atoms with E-state index in [0.29, 0.717) is 26.2 Å². The lowest BCUT2D eigenvalue weighted by Crippen LogP contribution is -2.39. The highest BCUT2D eigenvalue weighted by Gasteiger charge is 2.33. The molecule has 0 unspecified atom stereocenters. The van der Waals surface area contributed by atoms with Gasteiger partial charge in [0.25, 0.3) is 10.0 Å². The summed E-state index contributed by atoms with van der Waals surface area (Å²) in [5.41, 5.74) is 1.63. The molecule has 5 nitrogen and oxygen atoms in total. The monoisotopic (exact) mass is 361 g/mol. The van der Waals surface area contributed by atoms with E-state index in [1.165, 1.54) is 7.05 Å². The number of thiophene rings is 1. The van der Waals surface area contributed by atoms with Crippen molar-refractivity contribution in [2.45, 2.75) is 4.21 Å². The predicted octanol–water partition coefficient (Wildman–Crippen LogP) is 3.41. The number of halogens is 2. The average Bonchev–Trinajstić information content (AvgIpc) is 2.76. The number of guanidine groups is 1. The van der Waals surface area contributed by atoms with Crippen molar-refractivity contribution in [2.75, 3.05) is 12.4 Å². The van der Waals surface area contributed by atoms with Gasteiger partial charge in [0.1, 0.15) is 4.34 Å². The van der Waals surface area contributed by atoms with Crippen LogP contribution in [0.15, 0.2) is 33.5 Å². The fraction of sp³-hybridized carbons (Fsp3) is 0.0833. The highest BCUT2D eigenvalue weighted by Crippen LogP contribution is 2.48. The Balaban J connectivity index is 2.31. The van der Waals surface area contributed by atoms with Gasteiger partial charge in [-0.25, -0.2) is 13.1 Å². The van der Waals surface area contributed by atoms with Crippen LogP contribution in [-0.2, 0) is 10.0 Å². The average molecular weight is 362 g/mol. The molecule has 1 aromatic carbocycles. The van der Waals surface area contributed by atoms with Crippen LogP contribution in [0.1, 0.15) is 0 Å². The summed E-state index contributed by atoms with van der Waals surface area (Å²) in [5.74, 6) is 0.144. The van der Waals surface area contributed by atoms with Crippen LogP contribution in [0.3, 0.4) is 0 Å². The van der Waals surface area contributed by atoms with Gasteiger partial charge < -0.3 is 5.32 Å². The van der Waals surface area contributed by atoms with Crippen molar-refractivity contribution >= 4 is 56.2 Å². The zero-order valence-electron chi connectivity index (χ0n) is 10.6. The van der Waals surface area contributed by atoms with Gasteiger partial charge in [-0.1, -0.05) is 41.4 Å². The van der Waals surface area contributed by atoms with E-state index in [-0.39, 0.29) is 10.2 Å². The van der Waals surface area contributed by atoms with Crippen LogP contribution in [0.25, 0.3) is 11.1 Å². The molecule has 2 heterocycles. The van der Waals surface area contributed by atoms with Gasteiger partial charge in [0.2, 0.25) is 5.96 Å². The lowest BCUT2D eigenvalue weighted by molar-refractivity contribution is 0.594. The smallest absolute Gasteiger partial charge is 0.275 e. The molecule has 3 rings (SSSR count). The van der Waals surface area contributed by atoms with Crippen molar-refractivity contribution in [3.05, 3.63) is 33.6 Å². The number of rotatable bonds is 1. The minimum atomic E-state index is -3.68. The second-order valence-electron chi connectivity index (χ2n) is 4.20. The number of hydrogen-bond acceptors (Lipinski definition) is 4. The molecule has 0 atom stereocenters. The standard InChI is InChI=1S/C12H9Cl2N3O2S2/c1-15-12-16-9-8(6-4-2-3-5-7(6)13)10(14)20-11(9)21(18,19)17-12/h2-5H,1H3,(H2,15,16,17). The van der Waals surface area contributed by atoms with E-state index in [1.54, 1.807) is 18.2 Å². The zero-order chi connectivity index (χ0) is 15.2. The van der Waals surface area contributed by atoms with Crippen molar-refractivity contribution in [1.82, 2.24) is 4.72 Å². The lowest BCUT2D eigenvalue weighted by Gasteiger charge is -2.19. The number of sulfonamides is 1. The minimum Gasteiger partial charge on any atom is -0.323 e. The first-order chi connectivity index (χ1) is 9.94. The summed E-state index contributed by atoms with van der Waals surface area (Å²) in [4.78, 5) is 3.85. The number of nitrogens with zero attached hydrogens (tertiary/aromatic N) is 1. The van der Waals surface area contributed by atoms with Crippen LogP contribution in [-0.4, -0.2) is 21.4 Å². The van der Waals surface area contributed by atoms with E-state index in [1.807, 2.05) is 6.07 Å². The normalized spacial score (nSPS) is 18.0. The topological polar surface area (TPSA) is 70.6 Å². The van der Waals surface area contributed by atoms with Gasteiger partial charge in [-0.3, -0.25) is 4.99 Å². The molecule has 0 spiro atoms. The molecule has 1 aromatic heterocycles. The van der Waals surface area contributed by atoms with Gasteiger partial charge in [-0.2, -0.15) is 0 Å². The first-order valence-electron chi connectivity index (χ1n) is 5.78. The van der Waals surface area contributed by atoms with Crippen LogP contribution in [0, 0.1) is 0 Å². The molecule has 2 aromatic rings. The minimum absolute atomic E-state index is 0.120. The van der Waals surface area contributed by atoms with Gasteiger partial charge in [-0.05, 0) is 6.07 Å². The van der Waals surface area contributed by atoms with Crippen molar-refractivity contribution in [3.8, 4) is 11.1 Å². The Kier molecular flexibility index (Phi) is 3.61. The Morgan fingerprint density at radius 1 is 1.24 bits per heavy atom. The van der Waals surface area contributed by atoms with Gasteiger partial charge in [0, 0.05) is 23.2 Å². The van der Waals surface area contributed by atoms with E-state index in [2.05, 4.69) is 15.0 Å². The molecule has 0 radical (unpaired) electrons. The molecule has 1 aliphatic heterocycles. The van der Waals surface area contributed by atoms with Crippen molar-refractivity contribution in [3.63, 3.8) is 0 Å². The SMILES string of the molecule is CN=C1Nc2c(sc(Cl)c2-c2ccccc2Cl)S(=O)(=O)N1. The van der Waals surface area contributed by atoms with Crippen LogP contribution < -0.4 is 10.0 Å². The van der Waals surface area contributed by atoms with Crippen LogP contribution in [0.2, 0.25) is 9.36 Å². The van der Waals surface area contributed by atoms with Gasteiger partial charge >= 0.3 is 0 Å². The summed E-state index contributed by atoms with van der Waals surface area (Å²) in [5, 5.41) is 3.44. The summed E-state index contributed by atoms with van der Waals surface area (Å²) in [6.07, 6.45) is 0. The van der Waals surface area contributed by atoms with E-state index in [0.717, 1.165) is 11.3 Å². The first kappa shape index (κ1) is 14.6. The van der Waals surface area contributed by atoms with Crippen LogP contribution >= 0.6 is 34.5 Å². The van der Waals surface area contributed by atoms with Crippen molar-refractivity contribution < 1.29 is 8.42 Å². The highest BCUT2D eigenvalue weighted by atomic mass is 35.5. The van der Waals surface area contributed by atoms with Crippen molar-refractivity contribution in [1.29, 1.82) is 0 Å². The fourth-order valence-electron chi connectivity index (χ4n) is 2.01. The third-order valence-corrected chi connectivity index (χ3v) is 6.50. The van der Waals surface area contributed by atoms with Gasteiger partial charge in [0.05, 0.1) is 5.69 Å². The first-order valence-corrected chi connectivity index (χ1v) is 8.83. The maximum Gasteiger partial charge on any atom is 0.275 e. The second kappa shape index (κ2) is 5.17. The molecule has 110 valence electrons. The third-order valence-electron chi connectivity index (χ3n) is 2.92. The molecular weight excluding hydrogens is 353 g/mol. The predicted molar refractivity (Wildman–Crippen MR) is 87.1 cm³/mol. The summed E-state index contributed by atoms with van der Waals surface area (Å²) in [7, 11) is -2.19. The fourth-order valence-corrected chi connectivity index (χ4v) is 5.26. The summed E-state index contributed by atoms with van der Waals surface area (Å²) < 4.78 is 27.2. The molecular formula is C12H9Cl2N3O2S2. The van der Waals surface area contributed by atoms with E-state index in [4.69, 9.17) is 23.2 Å². The second-order valence-corrected chi connectivity index (χ2v) is 8.10. The number of anilines is 1. The maximum absolute atomic E-state index is 12.2. The van der Waals surface area contributed by atoms with Gasteiger partial charge in [0.15, 0.2) is 4.21 Å². The third kappa shape index (κ3) is 2.40. The molecule has 1 aliphatic rings. The summed E-state index contributed by atoms with van der Waals surface area (Å²) >= 11 is 13.4. The van der Waals surface area contributed by atoms with E-state index in [9.17, 15) is 8.42 Å². The lowest BCUT2D eigenvalue weighted by atomic mass is 10.1. The van der Waals surface area contributed by atoms with E-state index < -0.39 is 10.0 Å². The Hall–Kier alpha value is -1.28. The number of fused-ring (bicyclic) bond motifs is 1. The Bertz CT molecular complexity index is 859. The molecule has 21 heavy (non-hydrogen) atoms.